The molecule has 1 aromatic carbocycles. The lowest BCUT2D eigenvalue weighted by Crippen LogP contribution is -2.47. The number of nitrogens with one attached hydrogen (secondary N) is 1. The first-order valence-corrected chi connectivity index (χ1v) is 6.04. The van der Waals surface area contributed by atoms with Crippen molar-refractivity contribution in [2.75, 3.05) is 6.61 Å². The Labute approximate surface area is 110 Å². The maximum Gasteiger partial charge on any atom is 0.407 e. The molecule has 1 atom stereocenters. The van der Waals surface area contributed by atoms with Gasteiger partial charge in [-0.3, -0.25) is 0 Å². The number of carbonyl (C=O) groups excluding carboxylic acids is 1. The van der Waals surface area contributed by atoms with Crippen molar-refractivity contribution in [1.82, 2.24) is 5.32 Å². The van der Waals surface area contributed by atoms with E-state index in [0.29, 0.717) is 16.7 Å². The molecule has 0 saturated carbocycles. The molecule has 17 heavy (non-hydrogen) atoms. The Morgan fingerprint density at radius 2 is 2.12 bits per heavy atom. The van der Waals surface area contributed by atoms with Gasteiger partial charge in [0, 0.05) is 5.41 Å². The van der Waals surface area contributed by atoms with E-state index in [1.165, 1.54) is 0 Å². The van der Waals surface area contributed by atoms with Gasteiger partial charge in [0.25, 0.3) is 0 Å². The predicted molar refractivity (Wildman–Crippen MR) is 67.5 cm³/mol. The van der Waals surface area contributed by atoms with Crippen molar-refractivity contribution in [3.05, 3.63) is 33.8 Å². The average molecular weight is 274 g/mol. The number of rotatable bonds is 1. The van der Waals surface area contributed by atoms with E-state index in [1.54, 1.807) is 6.07 Å². The van der Waals surface area contributed by atoms with Gasteiger partial charge in [0.05, 0.1) is 16.1 Å². The van der Waals surface area contributed by atoms with Gasteiger partial charge in [-0.15, -0.1) is 0 Å². The highest BCUT2D eigenvalue weighted by molar-refractivity contribution is 6.42. The standard InChI is InChI=1S/C12H13Cl2NO2/c1-12(2)6-17-11(16)15-10(12)7-4-3-5-8(13)9(7)14/h3-5,10H,6H2,1-2H3,(H,15,16)/t10-/m0/s1. The maximum atomic E-state index is 11.3. The molecule has 1 aromatic rings. The summed E-state index contributed by atoms with van der Waals surface area (Å²) in [5.74, 6) is 0. The van der Waals surface area contributed by atoms with Crippen molar-refractivity contribution in [3.8, 4) is 0 Å². The molecule has 5 heteroatoms. The van der Waals surface area contributed by atoms with E-state index in [1.807, 2.05) is 26.0 Å². The smallest absolute Gasteiger partial charge is 0.407 e. The van der Waals surface area contributed by atoms with Gasteiger partial charge in [-0.1, -0.05) is 49.2 Å². The van der Waals surface area contributed by atoms with Crippen LogP contribution in [0.15, 0.2) is 18.2 Å². The summed E-state index contributed by atoms with van der Waals surface area (Å²) in [6, 6.07) is 5.21. The summed E-state index contributed by atoms with van der Waals surface area (Å²) >= 11 is 12.2. The quantitative estimate of drug-likeness (QED) is 0.845. The number of amides is 1. The van der Waals surface area contributed by atoms with Crippen LogP contribution < -0.4 is 5.32 Å². The fourth-order valence-electron chi connectivity index (χ4n) is 1.93. The number of benzene rings is 1. The van der Waals surface area contributed by atoms with E-state index in [2.05, 4.69) is 5.32 Å². The molecular weight excluding hydrogens is 261 g/mol. The lowest BCUT2D eigenvalue weighted by atomic mass is 9.80. The maximum absolute atomic E-state index is 11.3. The van der Waals surface area contributed by atoms with Crippen LogP contribution in [0.2, 0.25) is 10.0 Å². The van der Waals surface area contributed by atoms with Crippen molar-refractivity contribution >= 4 is 29.3 Å². The van der Waals surface area contributed by atoms with Gasteiger partial charge >= 0.3 is 6.09 Å². The molecule has 0 radical (unpaired) electrons. The number of cyclic esters (lactones) is 1. The third kappa shape index (κ3) is 2.35. The number of alkyl carbamates (subject to hydrolysis) is 1. The third-order valence-corrected chi connectivity index (χ3v) is 3.74. The number of hydrogen-bond donors (Lipinski definition) is 1. The van der Waals surface area contributed by atoms with Crippen LogP contribution >= 0.6 is 23.2 Å². The first-order valence-electron chi connectivity index (χ1n) is 5.29. The number of halogens is 2. The van der Waals surface area contributed by atoms with Crippen molar-refractivity contribution < 1.29 is 9.53 Å². The molecule has 0 spiro atoms. The predicted octanol–water partition coefficient (Wildman–Crippen LogP) is 3.80. The zero-order chi connectivity index (χ0) is 12.6. The van der Waals surface area contributed by atoms with E-state index in [9.17, 15) is 4.79 Å². The molecule has 1 aliphatic rings. The van der Waals surface area contributed by atoms with Gasteiger partial charge < -0.3 is 10.1 Å². The Morgan fingerprint density at radius 1 is 1.41 bits per heavy atom. The minimum Gasteiger partial charge on any atom is -0.449 e. The fraction of sp³-hybridized carbons (Fsp3) is 0.417. The minimum atomic E-state index is -0.426. The largest absolute Gasteiger partial charge is 0.449 e. The monoisotopic (exact) mass is 273 g/mol. The summed E-state index contributed by atoms with van der Waals surface area (Å²) in [6.45, 7) is 4.37. The molecule has 1 heterocycles. The van der Waals surface area contributed by atoms with Crippen molar-refractivity contribution in [3.63, 3.8) is 0 Å². The van der Waals surface area contributed by atoms with Crippen LogP contribution in [0.1, 0.15) is 25.5 Å². The van der Waals surface area contributed by atoms with Gasteiger partial charge in [-0.25, -0.2) is 4.79 Å². The molecule has 1 fully saturated rings. The molecule has 0 bridgehead atoms. The zero-order valence-electron chi connectivity index (χ0n) is 9.59. The van der Waals surface area contributed by atoms with E-state index in [0.717, 1.165) is 5.56 Å². The summed E-state index contributed by atoms with van der Waals surface area (Å²) < 4.78 is 4.99. The zero-order valence-corrected chi connectivity index (χ0v) is 11.1. The Hall–Kier alpha value is -0.930. The SMILES string of the molecule is CC1(C)COC(=O)N[C@H]1c1cccc(Cl)c1Cl. The second-order valence-electron chi connectivity index (χ2n) is 4.79. The Morgan fingerprint density at radius 3 is 2.82 bits per heavy atom. The highest BCUT2D eigenvalue weighted by Gasteiger charge is 2.39. The molecule has 2 rings (SSSR count). The molecule has 3 nitrogen and oxygen atoms in total. The summed E-state index contributed by atoms with van der Waals surface area (Å²) in [5, 5.41) is 3.75. The van der Waals surface area contributed by atoms with Crippen LogP contribution in [-0.2, 0) is 4.74 Å². The van der Waals surface area contributed by atoms with Crippen LogP contribution in [0.3, 0.4) is 0 Å². The molecule has 92 valence electrons. The number of carbonyl (C=O) groups is 1. The molecular formula is C12H13Cl2NO2. The van der Waals surface area contributed by atoms with Crippen LogP contribution in [0.5, 0.6) is 0 Å². The fourth-order valence-corrected chi connectivity index (χ4v) is 2.35. The Balaban J connectivity index is 2.43. The molecule has 0 unspecified atom stereocenters. The first kappa shape index (κ1) is 12.5. The van der Waals surface area contributed by atoms with Crippen LogP contribution in [0.4, 0.5) is 4.79 Å². The van der Waals surface area contributed by atoms with Crippen molar-refractivity contribution in [2.24, 2.45) is 5.41 Å². The van der Waals surface area contributed by atoms with Crippen molar-refractivity contribution in [2.45, 2.75) is 19.9 Å². The summed E-state index contributed by atoms with van der Waals surface area (Å²) in [5.41, 5.74) is 0.586. The van der Waals surface area contributed by atoms with Crippen molar-refractivity contribution in [1.29, 1.82) is 0 Å². The Bertz CT molecular complexity index is 460. The molecule has 1 amide bonds. The number of ether oxygens (including phenoxy) is 1. The minimum absolute atomic E-state index is 0.199. The summed E-state index contributed by atoms with van der Waals surface area (Å²) in [6.07, 6.45) is -0.426. The lowest BCUT2D eigenvalue weighted by molar-refractivity contribution is 0.0388. The van der Waals surface area contributed by atoms with Gasteiger partial charge in [0.15, 0.2) is 0 Å². The van der Waals surface area contributed by atoms with Crippen LogP contribution in [-0.4, -0.2) is 12.7 Å². The topological polar surface area (TPSA) is 38.3 Å². The van der Waals surface area contributed by atoms with Gasteiger partial charge in [-0.05, 0) is 11.6 Å². The second-order valence-corrected chi connectivity index (χ2v) is 5.57. The van der Waals surface area contributed by atoms with Gasteiger partial charge in [0.1, 0.15) is 6.61 Å². The average Bonchev–Trinajstić information content (AvgIpc) is 2.26. The van der Waals surface area contributed by atoms with Gasteiger partial charge in [0.2, 0.25) is 0 Å². The van der Waals surface area contributed by atoms with E-state index in [-0.39, 0.29) is 11.5 Å². The normalized spacial score (nSPS) is 22.8. The molecule has 1 aliphatic heterocycles. The summed E-state index contributed by atoms with van der Waals surface area (Å²) in [7, 11) is 0. The highest BCUT2D eigenvalue weighted by Crippen LogP contribution is 2.40. The molecule has 0 aliphatic carbocycles. The Kier molecular flexibility index (Phi) is 3.23. The second kappa shape index (κ2) is 4.39. The number of hydrogen-bond acceptors (Lipinski definition) is 2. The van der Waals surface area contributed by atoms with E-state index in [4.69, 9.17) is 27.9 Å². The lowest BCUT2D eigenvalue weighted by Gasteiger charge is -2.38. The highest BCUT2D eigenvalue weighted by atomic mass is 35.5. The first-order chi connectivity index (χ1) is 7.92. The van der Waals surface area contributed by atoms with Gasteiger partial charge in [-0.2, -0.15) is 0 Å². The summed E-state index contributed by atoms with van der Waals surface area (Å²) in [4.78, 5) is 11.3. The van der Waals surface area contributed by atoms with Crippen LogP contribution in [0.25, 0.3) is 0 Å². The third-order valence-electron chi connectivity index (χ3n) is 2.91. The van der Waals surface area contributed by atoms with Crippen LogP contribution in [0, 0.1) is 5.41 Å². The van der Waals surface area contributed by atoms with E-state index < -0.39 is 6.09 Å². The molecule has 1 saturated heterocycles. The molecule has 1 N–H and O–H groups in total. The molecule has 0 aromatic heterocycles. The van der Waals surface area contributed by atoms with E-state index >= 15 is 0 Å².